The van der Waals surface area contributed by atoms with E-state index in [1.807, 2.05) is 25.2 Å². The highest BCUT2D eigenvalue weighted by Crippen LogP contribution is 2.16. The molecule has 1 aliphatic rings. The summed E-state index contributed by atoms with van der Waals surface area (Å²) in [4.78, 5) is 15.7. The van der Waals surface area contributed by atoms with Crippen LogP contribution in [0.4, 0.5) is 0 Å². The van der Waals surface area contributed by atoms with Crippen LogP contribution < -0.4 is 4.74 Å². The fourth-order valence-corrected chi connectivity index (χ4v) is 2.39. The smallest absolute Gasteiger partial charge is 0.236 e. The van der Waals surface area contributed by atoms with Crippen LogP contribution in [0.15, 0.2) is 24.3 Å². The van der Waals surface area contributed by atoms with Crippen molar-refractivity contribution < 1.29 is 9.53 Å². The van der Waals surface area contributed by atoms with Crippen LogP contribution in [-0.4, -0.2) is 55.5 Å². The number of nitriles is 1. The van der Waals surface area contributed by atoms with Crippen molar-refractivity contribution in [2.24, 2.45) is 0 Å². The first-order chi connectivity index (χ1) is 10.2. The molecule has 0 aromatic heterocycles. The molecule has 0 saturated carbocycles. The number of likely N-dealkylation sites (N-methyl/N-ethyl adjacent to an activating group) is 1. The molecular weight excluding hydrogens is 266 g/mol. The number of hydrogen-bond donors (Lipinski definition) is 0. The van der Waals surface area contributed by atoms with Crippen LogP contribution in [0, 0.1) is 11.3 Å². The minimum atomic E-state index is 0.184. The summed E-state index contributed by atoms with van der Waals surface area (Å²) in [5, 5.41) is 8.98. The van der Waals surface area contributed by atoms with Crippen LogP contribution in [0.2, 0.25) is 0 Å². The Hall–Kier alpha value is -2.06. The second kappa shape index (κ2) is 7.65. The Morgan fingerprint density at radius 1 is 1.33 bits per heavy atom. The normalized spacial score (nSPS) is 16.4. The van der Waals surface area contributed by atoms with Crippen LogP contribution in [0.3, 0.4) is 0 Å². The van der Waals surface area contributed by atoms with E-state index in [2.05, 4.69) is 11.0 Å². The fourth-order valence-electron chi connectivity index (χ4n) is 2.39. The SMILES string of the molecule is CN1CCCN(CCCOc2ccccc2C#N)CC1=O. The monoisotopic (exact) mass is 287 g/mol. The van der Waals surface area contributed by atoms with E-state index in [1.165, 1.54) is 0 Å². The van der Waals surface area contributed by atoms with Gasteiger partial charge in [0.2, 0.25) is 5.91 Å². The zero-order valence-electron chi connectivity index (χ0n) is 12.4. The zero-order valence-corrected chi connectivity index (χ0v) is 12.4. The molecule has 1 aromatic rings. The maximum Gasteiger partial charge on any atom is 0.236 e. The first-order valence-corrected chi connectivity index (χ1v) is 7.29. The molecule has 0 spiro atoms. The Balaban J connectivity index is 1.74. The van der Waals surface area contributed by atoms with Gasteiger partial charge in [-0.1, -0.05) is 12.1 Å². The second-order valence-electron chi connectivity index (χ2n) is 5.25. The van der Waals surface area contributed by atoms with Crippen LogP contribution in [0.5, 0.6) is 5.75 Å². The first kappa shape index (κ1) is 15.3. The number of carbonyl (C=O) groups is 1. The highest BCUT2D eigenvalue weighted by molar-refractivity contribution is 5.78. The molecule has 2 rings (SSSR count). The minimum absolute atomic E-state index is 0.184. The van der Waals surface area contributed by atoms with Gasteiger partial charge in [0.15, 0.2) is 0 Å². The molecule has 1 aromatic carbocycles. The standard InChI is InChI=1S/C16H21N3O2/c1-18-8-4-9-19(13-16(18)20)10-5-11-21-15-7-3-2-6-14(15)12-17/h2-3,6-7H,4-5,8-11,13H2,1H3. The molecule has 0 N–H and O–H groups in total. The molecule has 1 aliphatic heterocycles. The number of hydrogen-bond acceptors (Lipinski definition) is 4. The van der Waals surface area contributed by atoms with Gasteiger partial charge >= 0.3 is 0 Å². The average Bonchev–Trinajstić information content (AvgIpc) is 2.66. The molecule has 112 valence electrons. The number of para-hydroxylation sites is 1. The molecule has 1 amide bonds. The first-order valence-electron chi connectivity index (χ1n) is 7.29. The third-order valence-electron chi connectivity index (χ3n) is 3.64. The number of carbonyl (C=O) groups excluding carboxylic acids is 1. The van der Waals surface area contributed by atoms with E-state index in [9.17, 15) is 4.79 Å². The fraction of sp³-hybridized carbons (Fsp3) is 0.500. The molecule has 0 radical (unpaired) electrons. The van der Waals surface area contributed by atoms with E-state index in [0.717, 1.165) is 32.5 Å². The predicted molar refractivity (Wildman–Crippen MR) is 80.0 cm³/mol. The van der Waals surface area contributed by atoms with Crippen molar-refractivity contribution >= 4 is 5.91 Å². The van der Waals surface area contributed by atoms with Gasteiger partial charge in [-0.15, -0.1) is 0 Å². The number of rotatable bonds is 5. The number of ether oxygens (including phenoxy) is 1. The molecule has 1 saturated heterocycles. The van der Waals surface area contributed by atoms with Gasteiger partial charge < -0.3 is 9.64 Å². The molecular formula is C16H21N3O2. The Morgan fingerprint density at radius 3 is 2.95 bits per heavy atom. The molecule has 0 unspecified atom stereocenters. The molecule has 21 heavy (non-hydrogen) atoms. The van der Waals surface area contributed by atoms with Gasteiger partial charge in [0.25, 0.3) is 0 Å². The Bertz CT molecular complexity index is 524. The van der Waals surface area contributed by atoms with Gasteiger partial charge in [0.1, 0.15) is 11.8 Å². The van der Waals surface area contributed by atoms with Crippen molar-refractivity contribution in [2.75, 3.05) is 39.8 Å². The summed E-state index contributed by atoms with van der Waals surface area (Å²) >= 11 is 0. The van der Waals surface area contributed by atoms with E-state index in [0.29, 0.717) is 24.5 Å². The average molecular weight is 287 g/mol. The van der Waals surface area contributed by atoms with E-state index in [-0.39, 0.29) is 5.91 Å². The van der Waals surface area contributed by atoms with E-state index >= 15 is 0 Å². The lowest BCUT2D eigenvalue weighted by Gasteiger charge is -2.19. The summed E-state index contributed by atoms with van der Waals surface area (Å²) in [5.41, 5.74) is 0.559. The van der Waals surface area contributed by atoms with Crippen molar-refractivity contribution in [2.45, 2.75) is 12.8 Å². The third-order valence-corrected chi connectivity index (χ3v) is 3.64. The summed E-state index contributed by atoms with van der Waals surface area (Å²) in [7, 11) is 1.85. The summed E-state index contributed by atoms with van der Waals surface area (Å²) in [6.07, 6.45) is 1.86. The van der Waals surface area contributed by atoms with Gasteiger partial charge in [-0.25, -0.2) is 0 Å². The lowest BCUT2D eigenvalue weighted by Crippen LogP contribution is -2.35. The van der Waals surface area contributed by atoms with Gasteiger partial charge in [0.05, 0.1) is 18.7 Å². The highest BCUT2D eigenvalue weighted by Gasteiger charge is 2.18. The van der Waals surface area contributed by atoms with Gasteiger partial charge in [-0.3, -0.25) is 9.69 Å². The van der Waals surface area contributed by atoms with Gasteiger partial charge in [0, 0.05) is 26.7 Å². The zero-order chi connectivity index (χ0) is 15.1. The quantitative estimate of drug-likeness (QED) is 0.770. The van der Waals surface area contributed by atoms with Crippen LogP contribution >= 0.6 is 0 Å². The molecule has 5 nitrogen and oxygen atoms in total. The molecule has 5 heteroatoms. The minimum Gasteiger partial charge on any atom is -0.492 e. The second-order valence-corrected chi connectivity index (χ2v) is 5.25. The van der Waals surface area contributed by atoms with Gasteiger partial charge in [-0.05, 0) is 25.0 Å². The van der Waals surface area contributed by atoms with Crippen LogP contribution in [0.25, 0.3) is 0 Å². The molecule has 0 atom stereocenters. The van der Waals surface area contributed by atoms with E-state index < -0.39 is 0 Å². The number of benzene rings is 1. The topological polar surface area (TPSA) is 56.6 Å². The van der Waals surface area contributed by atoms with Crippen molar-refractivity contribution in [3.63, 3.8) is 0 Å². The molecule has 1 fully saturated rings. The van der Waals surface area contributed by atoms with E-state index in [4.69, 9.17) is 10.00 Å². The molecule has 0 aliphatic carbocycles. The Labute approximate surface area is 125 Å². The lowest BCUT2D eigenvalue weighted by atomic mass is 10.2. The summed E-state index contributed by atoms with van der Waals surface area (Å²) in [5.74, 6) is 0.815. The molecule has 1 heterocycles. The lowest BCUT2D eigenvalue weighted by molar-refractivity contribution is -0.129. The van der Waals surface area contributed by atoms with Crippen molar-refractivity contribution in [1.82, 2.24) is 9.80 Å². The maximum absolute atomic E-state index is 11.8. The van der Waals surface area contributed by atoms with Gasteiger partial charge in [-0.2, -0.15) is 5.26 Å². The van der Waals surface area contributed by atoms with Crippen molar-refractivity contribution in [3.8, 4) is 11.8 Å². The van der Waals surface area contributed by atoms with Crippen LogP contribution in [0.1, 0.15) is 18.4 Å². The van der Waals surface area contributed by atoms with E-state index in [1.54, 1.807) is 11.0 Å². The Kier molecular flexibility index (Phi) is 5.59. The maximum atomic E-state index is 11.8. The predicted octanol–water partition coefficient (Wildman–Crippen LogP) is 1.49. The highest BCUT2D eigenvalue weighted by atomic mass is 16.5. The molecule has 0 bridgehead atoms. The summed E-state index contributed by atoms with van der Waals surface area (Å²) in [6, 6.07) is 9.36. The number of amides is 1. The largest absolute Gasteiger partial charge is 0.492 e. The van der Waals surface area contributed by atoms with Crippen LogP contribution in [-0.2, 0) is 4.79 Å². The Morgan fingerprint density at radius 2 is 2.14 bits per heavy atom. The third kappa shape index (κ3) is 4.47. The van der Waals surface area contributed by atoms with Crippen molar-refractivity contribution in [3.05, 3.63) is 29.8 Å². The summed E-state index contributed by atoms with van der Waals surface area (Å²) in [6.45, 7) is 3.67. The summed E-state index contributed by atoms with van der Waals surface area (Å²) < 4.78 is 5.65. The van der Waals surface area contributed by atoms with Crippen molar-refractivity contribution in [1.29, 1.82) is 5.26 Å². The number of nitrogens with zero attached hydrogens (tertiary/aromatic N) is 3.